The van der Waals surface area contributed by atoms with E-state index < -0.39 is 0 Å². The normalized spacial score (nSPS) is 10.8. The molecule has 0 saturated carbocycles. The van der Waals surface area contributed by atoms with E-state index in [0.29, 0.717) is 12.4 Å². The number of carbonyl (C=O) groups is 1. The lowest BCUT2D eigenvalue weighted by molar-refractivity contribution is -0.123. The topological polar surface area (TPSA) is 59.9 Å². The molecule has 0 saturated heterocycles. The predicted octanol–water partition coefficient (Wildman–Crippen LogP) is 4.72. The average molecular weight is 402 g/mol. The third-order valence-electron chi connectivity index (χ3n) is 4.56. The Morgan fingerprint density at radius 2 is 1.50 bits per heavy atom. The maximum atomic E-state index is 12.0. The molecule has 0 heterocycles. The molecule has 3 aromatic rings. The molecule has 0 aliphatic rings. The maximum absolute atomic E-state index is 12.0. The minimum atomic E-state index is -0.321. The summed E-state index contributed by atoms with van der Waals surface area (Å²) in [4.78, 5) is 12.0. The van der Waals surface area contributed by atoms with Gasteiger partial charge < -0.3 is 9.47 Å². The Labute approximate surface area is 177 Å². The van der Waals surface area contributed by atoms with E-state index in [9.17, 15) is 4.79 Å². The van der Waals surface area contributed by atoms with E-state index in [1.54, 1.807) is 18.3 Å². The van der Waals surface area contributed by atoms with Crippen LogP contribution in [0, 0.1) is 20.8 Å². The van der Waals surface area contributed by atoms with Crippen molar-refractivity contribution >= 4 is 12.1 Å². The molecule has 3 aromatic carbocycles. The standard InChI is InChI=1S/C25H26N2O3/c1-18-13-19(2)24(20(3)14-18)15-26-27-25(28)17-30-23-11-9-22(10-12-23)29-16-21-7-5-4-6-8-21/h4-15H,16-17H2,1-3H3,(H,27,28)/b26-15-. The van der Waals surface area contributed by atoms with Crippen LogP contribution in [0.25, 0.3) is 0 Å². The molecule has 0 aromatic heterocycles. The molecule has 0 radical (unpaired) electrons. The van der Waals surface area contributed by atoms with E-state index in [1.807, 2.05) is 56.3 Å². The first-order valence-electron chi connectivity index (χ1n) is 9.80. The Morgan fingerprint density at radius 3 is 2.13 bits per heavy atom. The van der Waals surface area contributed by atoms with Gasteiger partial charge in [-0.25, -0.2) is 5.43 Å². The van der Waals surface area contributed by atoms with Crippen LogP contribution >= 0.6 is 0 Å². The van der Waals surface area contributed by atoms with Crippen LogP contribution in [0.3, 0.4) is 0 Å². The van der Waals surface area contributed by atoms with Crippen LogP contribution in [0.2, 0.25) is 0 Å². The number of hydrogen-bond acceptors (Lipinski definition) is 4. The minimum Gasteiger partial charge on any atom is -0.489 e. The van der Waals surface area contributed by atoms with E-state index in [2.05, 4.69) is 29.6 Å². The van der Waals surface area contributed by atoms with Crippen LogP contribution in [0.1, 0.15) is 27.8 Å². The van der Waals surface area contributed by atoms with Gasteiger partial charge in [0, 0.05) is 5.56 Å². The van der Waals surface area contributed by atoms with Gasteiger partial charge in [0.1, 0.15) is 18.1 Å². The van der Waals surface area contributed by atoms with Crippen molar-refractivity contribution in [2.45, 2.75) is 27.4 Å². The summed E-state index contributed by atoms with van der Waals surface area (Å²) in [5, 5.41) is 4.05. The number of hydrazone groups is 1. The van der Waals surface area contributed by atoms with Gasteiger partial charge in [0.2, 0.25) is 0 Å². The van der Waals surface area contributed by atoms with Crippen molar-refractivity contribution in [2.75, 3.05) is 6.61 Å². The zero-order valence-corrected chi connectivity index (χ0v) is 17.5. The van der Waals surface area contributed by atoms with Crippen LogP contribution in [-0.4, -0.2) is 18.7 Å². The smallest absolute Gasteiger partial charge is 0.277 e. The van der Waals surface area contributed by atoms with Gasteiger partial charge in [0.05, 0.1) is 6.21 Å². The molecule has 0 spiro atoms. The SMILES string of the molecule is Cc1cc(C)c(/C=N\NC(=O)COc2ccc(OCc3ccccc3)cc2)c(C)c1. The highest BCUT2D eigenvalue weighted by Gasteiger charge is 2.04. The minimum absolute atomic E-state index is 0.118. The monoisotopic (exact) mass is 402 g/mol. The summed E-state index contributed by atoms with van der Waals surface area (Å²) >= 11 is 0. The number of carbonyl (C=O) groups excluding carboxylic acids is 1. The third kappa shape index (κ3) is 6.21. The van der Waals surface area contributed by atoms with Crippen molar-refractivity contribution in [1.82, 2.24) is 5.43 Å². The third-order valence-corrected chi connectivity index (χ3v) is 4.56. The lowest BCUT2D eigenvalue weighted by atomic mass is 10.0. The summed E-state index contributed by atoms with van der Waals surface area (Å²) in [7, 11) is 0. The first-order valence-corrected chi connectivity index (χ1v) is 9.80. The Kier molecular flexibility index (Phi) is 7.22. The molecule has 30 heavy (non-hydrogen) atoms. The Hall–Kier alpha value is -3.60. The summed E-state index contributed by atoms with van der Waals surface area (Å²) in [6.07, 6.45) is 1.67. The van der Waals surface area contributed by atoms with E-state index in [0.717, 1.165) is 28.0 Å². The zero-order valence-electron chi connectivity index (χ0n) is 17.5. The first kappa shape index (κ1) is 21.1. The number of ether oxygens (including phenoxy) is 2. The number of aryl methyl sites for hydroxylation is 3. The molecule has 0 aliphatic carbocycles. The fourth-order valence-electron chi connectivity index (χ4n) is 3.12. The number of benzene rings is 3. The largest absolute Gasteiger partial charge is 0.489 e. The molecule has 0 bridgehead atoms. The van der Waals surface area contributed by atoms with Gasteiger partial charge in [-0.2, -0.15) is 5.10 Å². The van der Waals surface area contributed by atoms with Gasteiger partial charge in [0.15, 0.2) is 6.61 Å². The second kappa shape index (κ2) is 10.3. The summed E-state index contributed by atoms with van der Waals surface area (Å²) in [5.41, 5.74) is 8.06. The van der Waals surface area contributed by atoms with Crippen molar-refractivity contribution in [3.05, 3.63) is 94.5 Å². The highest BCUT2D eigenvalue weighted by Crippen LogP contribution is 2.18. The number of nitrogens with one attached hydrogen (secondary N) is 1. The zero-order chi connectivity index (χ0) is 21.3. The summed E-state index contributed by atoms with van der Waals surface area (Å²) in [5.74, 6) is 1.01. The average Bonchev–Trinajstić information content (AvgIpc) is 2.74. The van der Waals surface area contributed by atoms with E-state index in [1.165, 1.54) is 5.56 Å². The molecule has 154 valence electrons. The van der Waals surface area contributed by atoms with E-state index >= 15 is 0 Å². The second-order valence-corrected chi connectivity index (χ2v) is 7.14. The number of nitrogens with zero attached hydrogens (tertiary/aromatic N) is 1. The summed E-state index contributed by atoms with van der Waals surface area (Å²) in [6, 6.07) is 21.3. The van der Waals surface area contributed by atoms with Crippen molar-refractivity contribution in [2.24, 2.45) is 5.10 Å². The van der Waals surface area contributed by atoms with Crippen molar-refractivity contribution < 1.29 is 14.3 Å². The predicted molar refractivity (Wildman–Crippen MR) is 119 cm³/mol. The molecule has 5 nitrogen and oxygen atoms in total. The van der Waals surface area contributed by atoms with Crippen LogP contribution in [0.15, 0.2) is 71.8 Å². The number of amides is 1. The molecular weight excluding hydrogens is 376 g/mol. The molecule has 0 aliphatic heterocycles. The Bertz CT molecular complexity index is 989. The van der Waals surface area contributed by atoms with Crippen molar-refractivity contribution in [3.8, 4) is 11.5 Å². The molecule has 3 rings (SSSR count). The maximum Gasteiger partial charge on any atom is 0.277 e. The summed E-state index contributed by atoms with van der Waals surface area (Å²) in [6.45, 7) is 6.50. The van der Waals surface area contributed by atoms with Crippen LogP contribution in [0.5, 0.6) is 11.5 Å². The van der Waals surface area contributed by atoms with E-state index in [-0.39, 0.29) is 12.5 Å². The molecular formula is C25H26N2O3. The number of hydrogen-bond donors (Lipinski definition) is 1. The lowest BCUT2D eigenvalue weighted by Crippen LogP contribution is -2.24. The fraction of sp³-hybridized carbons (Fsp3) is 0.200. The highest BCUT2D eigenvalue weighted by atomic mass is 16.5. The Morgan fingerprint density at radius 1 is 0.900 bits per heavy atom. The quantitative estimate of drug-likeness (QED) is 0.438. The molecule has 0 unspecified atom stereocenters. The van der Waals surface area contributed by atoms with Gasteiger partial charge in [-0.05, 0) is 61.7 Å². The number of rotatable bonds is 8. The van der Waals surface area contributed by atoms with Crippen LogP contribution in [-0.2, 0) is 11.4 Å². The second-order valence-electron chi connectivity index (χ2n) is 7.14. The molecule has 1 N–H and O–H groups in total. The molecule has 0 atom stereocenters. The molecule has 5 heteroatoms. The van der Waals surface area contributed by atoms with Gasteiger partial charge in [-0.1, -0.05) is 48.0 Å². The van der Waals surface area contributed by atoms with Crippen LogP contribution < -0.4 is 14.9 Å². The fourth-order valence-corrected chi connectivity index (χ4v) is 3.12. The van der Waals surface area contributed by atoms with Gasteiger partial charge in [-0.15, -0.1) is 0 Å². The highest BCUT2D eigenvalue weighted by molar-refractivity contribution is 5.85. The van der Waals surface area contributed by atoms with E-state index in [4.69, 9.17) is 9.47 Å². The van der Waals surface area contributed by atoms with Gasteiger partial charge in [-0.3, -0.25) is 4.79 Å². The Balaban J connectivity index is 1.44. The summed E-state index contributed by atoms with van der Waals surface area (Å²) < 4.78 is 11.3. The molecule has 0 fully saturated rings. The van der Waals surface area contributed by atoms with Crippen LogP contribution in [0.4, 0.5) is 0 Å². The first-order chi connectivity index (χ1) is 14.5. The van der Waals surface area contributed by atoms with Gasteiger partial charge in [0.25, 0.3) is 5.91 Å². The molecule has 1 amide bonds. The van der Waals surface area contributed by atoms with Crippen molar-refractivity contribution in [3.63, 3.8) is 0 Å². The van der Waals surface area contributed by atoms with Gasteiger partial charge >= 0.3 is 0 Å². The lowest BCUT2D eigenvalue weighted by Gasteiger charge is -2.09. The van der Waals surface area contributed by atoms with Crippen molar-refractivity contribution in [1.29, 1.82) is 0 Å².